The van der Waals surface area contributed by atoms with E-state index >= 15 is 0 Å². The molecule has 7 heteroatoms. The number of ether oxygens (including phenoxy) is 3. The molecule has 0 bridgehead atoms. The summed E-state index contributed by atoms with van der Waals surface area (Å²) in [5.41, 5.74) is 6.11. The Morgan fingerprint density at radius 3 is 2.70 bits per heavy atom. The maximum atomic E-state index is 5.33. The van der Waals surface area contributed by atoms with Crippen LogP contribution in [-0.4, -0.2) is 37.5 Å². The van der Waals surface area contributed by atoms with Gasteiger partial charge in [-0.25, -0.2) is 0 Å². The molecule has 0 unspecified atom stereocenters. The molecule has 2 aromatic rings. The van der Waals surface area contributed by atoms with Crippen LogP contribution in [0.5, 0.6) is 11.5 Å². The van der Waals surface area contributed by atoms with Gasteiger partial charge in [0, 0.05) is 12.1 Å². The highest BCUT2D eigenvalue weighted by Gasteiger charge is 2.12. The van der Waals surface area contributed by atoms with Crippen molar-refractivity contribution in [3.8, 4) is 22.9 Å². The number of hydrogen-bond acceptors (Lipinski definition) is 7. The summed E-state index contributed by atoms with van der Waals surface area (Å²) in [4.78, 5) is 4.24. The zero-order valence-corrected chi connectivity index (χ0v) is 11.5. The zero-order chi connectivity index (χ0) is 14.4. The van der Waals surface area contributed by atoms with E-state index in [0.29, 0.717) is 36.4 Å². The van der Waals surface area contributed by atoms with Crippen molar-refractivity contribution in [3.05, 3.63) is 24.1 Å². The van der Waals surface area contributed by atoms with Crippen molar-refractivity contribution in [2.45, 2.75) is 6.61 Å². The molecule has 2 rings (SSSR count). The van der Waals surface area contributed by atoms with Crippen molar-refractivity contribution in [2.24, 2.45) is 5.73 Å². The number of hydrogen-bond donors (Lipinski definition) is 1. The third-order valence-electron chi connectivity index (χ3n) is 2.60. The molecule has 0 aliphatic rings. The predicted octanol–water partition coefficient (Wildman–Crippen LogP) is 1.23. The second-order valence-corrected chi connectivity index (χ2v) is 3.92. The Labute approximate surface area is 116 Å². The van der Waals surface area contributed by atoms with Gasteiger partial charge in [0.05, 0.1) is 20.8 Å². The molecule has 1 heterocycles. The van der Waals surface area contributed by atoms with Crippen LogP contribution in [0.3, 0.4) is 0 Å². The summed E-state index contributed by atoms with van der Waals surface area (Å²) < 4.78 is 20.7. The summed E-state index contributed by atoms with van der Waals surface area (Å²) >= 11 is 0. The van der Waals surface area contributed by atoms with E-state index in [2.05, 4.69) is 10.1 Å². The number of rotatable bonds is 7. The Kier molecular flexibility index (Phi) is 4.91. The molecular weight excluding hydrogens is 262 g/mol. The molecular formula is C13H17N3O4. The number of benzene rings is 1. The second-order valence-electron chi connectivity index (χ2n) is 3.92. The fourth-order valence-electron chi connectivity index (χ4n) is 1.65. The minimum absolute atomic E-state index is 0.248. The average molecular weight is 279 g/mol. The lowest BCUT2D eigenvalue weighted by Crippen LogP contribution is -2.08. The topological polar surface area (TPSA) is 92.6 Å². The highest BCUT2D eigenvalue weighted by Crippen LogP contribution is 2.31. The van der Waals surface area contributed by atoms with Crippen LogP contribution in [0.2, 0.25) is 0 Å². The van der Waals surface area contributed by atoms with Gasteiger partial charge in [-0.2, -0.15) is 4.98 Å². The smallest absolute Gasteiger partial charge is 0.252 e. The number of aromatic nitrogens is 2. The van der Waals surface area contributed by atoms with E-state index in [1.54, 1.807) is 26.4 Å². The molecule has 0 amide bonds. The first kappa shape index (κ1) is 14.3. The van der Waals surface area contributed by atoms with E-state index < -0.39 is 0 Å². The summed E-state index contributed by atoms with van der Waals surface area (Å²) in [5.74, 6) is 2.13. The quantitative estimate of drug-likeness (QED) is 0.762. The molecule has 0 saturated heterocycles. The van der Waals surface area contributed by atoms with Crippen LogP contribution in [0.1, 0.15) is 5.89 Å². The van der Waals surface area contributed by atoms with Crippen molar-refractivity contribution in [3.63, 3.8) is 0 Å². The summed E-state index contributed by atoms with van der Waals surface area (Å²) in [6.07, 6.45) is 0. The highest BCUT2D eigenvalue weighted by molar-refractivity contribution is 5.60. The molecule has 0 spiro atoms. The summed E-state index contributed by atoms with van der Waals surface area (Å²) in [7, 11) is 3.16. The zero-order valence-electron chi connectivity index (χ0n) is 11.5. The molecule has 2 N–H and O–H groups in total. The van der Waals surface area contributed by atoms with Crippen molar-refractivity contribution in [1.29, 1.82) is 0 Å². The Hall–Kier alpha value is -2.12. The van der Waals surface area contributed by atoms with Crippen molar-refractivity contribution in [2.75, 3.05) is 27.4 Å². The molecule has 0 aliphatic heterocycles. The summed E-state index contributed by atoms with van der Waals surface area (Å²) in [6, 6.07) is 5.40. The first-order valence-electron chi connectivity index (χ1n) is 6.11. The molecule has 1 aromatic carbocycles. The van der Waals surface area contributed by atoms with E-state index in [-0.39, 0.29) is 6.61 Å². The van der Waals surface area contributed by atoms with Crippen molar-refractivity contribution < 1.29 is 18.7 Å². The van der Waals surface area contributed by atoms with E-state index in [4.69, 9.17) is 24.5 Å². The molecule has 0 fully saturated rings. The molecule has 108 valence electrons. The maximum absolute atomic E-state index is 5.33. The summed E-state index contributed by atoms with van der Waals surface area (Å²) in [5, 5.41) is 3.90. The molecule has 20 heavy (non-hydrogen) atoms. The normalized spacial score (nSPS) is 10.6. The number of nitrogens with zero attached hydrogens (tertiary/aromatic N) is 2. The number of nitrogens with two attached hydrogens (primary N) is 1. The van der Waals surface area contributed by atoms with Crippen molar-refractivity contribution in [1.82, 2.24) is 10.1 Å². The van der Waals surface area contributed by atoms with Gasteiger partial charge < -0.3 is 24.5 Å². The van der Waals surface area contributed by atoms with Gasteiger partial charge in [-0.3, -0.25) is 0 Å². The Bertz CT molecular complexity index is 556. The lowest BCUT2D eigenvalue weighted by atomic mass is 10.2. The van der Waals surface area contributed by atoms with Gasteiger partial charge in [-0.15, -0.1) is 0 Å². The third kappa shape index (κ3) is 3.25. The lowest BCUT2D eigenvalue weighted by molar-refractivity contribution is 0.104. The van der Waals surface area contributed by atoms with Crippen molar-refractivity contribution >= 4 is 0 Å². The van der Waals surface area contributed by atoms with Crippen LogP contribution in [0.15, 0.2) is 22.7 Å². The SMILES string of the molecule is COc1ccc(-c2noc(COCCN)n2)cc1OC. The van der Waals surface area contributed by atoms with Gasteiger partial charge in [0.2, 0.25) is 5.82 Å². The van der Waals surface area contributed by atoms with Crippen LogP contribution in [-0.2, 0) is 11.3 Å². The first-order chi connectivity index (χ1) is 9.78. The van der Waals surface area contributed by atoms with Gasteiger partial charge in [0.1, 0.15) is 6.61 Å². The third-order valence-corrected chi connectivity index (χ3v) is 2.60. The minimum atomic E-state index is 0.248. The Morgan fingerprint density at radius 2 is 2.00 bits per heavy atom. The fraction of sp³-hybridized carbons (Fsp3) is 0.385. The fourth-order valence-corrected chi connectivity index (χ4v) is 1.65. The second kappa shape index (κ2) is 6.88. The molecule has 7 nitrogen and oxygen atoms in total. The van der Waals surface area contributed by atoms with Gasteiger partial charge >= 0.3 is 0 Å². The lowest BCUT2D eigenvalue weighted by Gasteiger charge is -2.07. The molecule has 0 saturated carbocycles. The molecule has 0 atom stereocenters. The van der Waals surface area contributed by atoms with E-state index in [1.165, 1.54) is 0 Å². The van der Waals surface area contributed by atoms with E-state index in [0.717, 1.165) is 5.56 Å². The largest absolute Gasteiger partial charge is 0.493 e. The Morgan fingerprint density at radius 1 is 1.20 bits per heavy atom. The standard InChI is InChI=1S/C13H17N3O4/c1-17-10-4-3-9(7-11(10)18-2)13-15-12(20-16-13)8-19-6-5-14/h3-4,7H,5-6,8,14H2,1-2H3. The van der Waals surface area contributed by atoms with Gasteiger partial charge in [-0.1, -0.05) is 5.16 Å². The molecule has 0 aliphatic carbocycles. The van der Waals surface area contributed by atoms with Crippen LogP contribution in [0.25, 0.3) is 11.4 Å². The van der Waals surface area contributed by atoms with Crippen LogP contribution < -0.4 is 15.2 Å². The van der Waals surface area contributed by atoms with Crippen LogP contribution in [0, 0.1) is 0 Å². The first-order valence-corrected chi connectivity index (χ1v) is 6.11. The molecule has 0 radical (unpaired) electrons. The van der Waals surface area contributed by atoms with Gasteiger partial charge in [-0.05, 0) is 18.2 Å². The maximum Gasteiger partial charge on any atom is 0.252 e. The van der Waals surface area contributed by atoms with Crippen LogP contribution in [0.4, 0.5) is 0 Å². The monoisotopic (exact) mass is 279 g/mol. The van der Waals surface area contributed by atoms with Crippen LogP contribution >= 0.6 is 0 Å². The minimum Gasteiger partial charge on any atom is -0.493 e. The predicted molar refractivity (Wildman–Crippen MR) is 71.5 cm³/mol. The highest BCUT2D eigenvalue weighted by atomic mass is 16.5. The average Bonchev–Trinajstić information content (AvgIpc) is 2.95. The summed E-state index contributed by atoms with van der Waals surface area (Å²) in [6.45, 7) is 1.15. The van der Waals surface area contributed by atoms with E-state index in [9.17, 15) is 0 Å². The Balaban J connectivity index is 2.15. The van der Waals surface area contributed by atoms with Gasteiger partial charge in [0.15, 0.2) is 11.5 Å². The number of methoxy groups -OCH3 is 2. The van der Waals surface area contributed by atoms with Gasteiger partial charge in [0.25, 0.3) is 5.89 Å². The molecule has 1 aromatic heterocycles. The van der Waals surface area contributed by atoms with E-state index in [1.807, 2.05) is 6.07 Å².